The van der Waals surface area contributed by atoms with E-state index in [4.69, 9.17) is 34.8 Å². The zero-order chi connectivity index (χ0) is 29.0. The number of nitrogens with one attached hydrogen (secondary N) is 1. The lowest BCUT2D eigenvalue weighted by molar-refractivity contribution is -0.140. The van der Waals surface area contributed by atoms with Gasteiger partial charge in [-0.3, -0.25) is 13.9 Å². The van der Waals surface area contributed by atoms with Gasteiger partial charge in [0.25, 0.3) is 10.0 Å². The summed E-state index contributed by atoms with van der Waals surface area (Å²) in [6, 6.07) is 18.0. The highest BCUT2D eigenvalue weighted by atomic mass is 35.5. The maximum absolute atomic E-state index is 13.9. The van der Waals surface area contributed by atoms with Gasteiger partial charge < -0.3 is 10.2 Å². The van der Waals surface area contributed by atoms with Crippen LogP contribution in [-0.2, 0) is 26.2 Å². The van der Waals surface area contributed by atoms with Crippen LogP contribution in [0.3, 0.4) is 0 Å². The number of anilines is 1. The zero-order valence-electron chi connectivity index (χ0n) is 22.0. The molecule has 0 bridgehead atoms. The molecule has 208 valence electrons. The first kappa shape index (κ1) is 30.8. The predicted molar refractivity (Wildman–Crippen MR) is 157 cm³/mol. The second-order valence-corrected chi connectivity index (χ2v) is 13.1. The van der Waals surface area contributed by atoms with Gasteiger partial charge in [0.15, 0.2) is 0 Å². The van der Waals surface area contributed by atoms with E-state index in [1.165, 1.54) is 29.2 Å². The highest BCUT2D eigenvalue weighted by molar-refractivity contribution is 7.92. The van der Waals surface area contributed by atoms with E-state index >= 15 is 0 Å². The number of nitrogens with zero attached hydrogens (tertiary/aromatic N) is 2. The Kier molecular flexibility index (Phi) is 9.93. The third-order valence-corrected chi connectivity index (χ3v) is 8.51. The number of para-hydroxylation sites is 1. The van der Waals surface area contributed by atoms with Crippen molar-refractivity contribution in [3.8, 4) is 0 Å². The molecule has 3 aromatic carbocycles. The molecule has 0 aromatic heterocycles. The van der Waals surface area contributed by atoms with Crippen LogP contribution in [0.5, 0.6) is 0 Å². The molecule has 11 heteroatoms. The topological polar surface area (TPSA) is 86.8 Å². The smallest absolute Gasteiger partial charge is 0.264 e. The van der Waals surface area contributed by atoms with Crippen LogP contribution in [0, 0.1) is 0 Å². The van der Waals surface area contributed by atoms with Crippen molar-refractivity contribution in [3.63, 3.8) is 0 Å². The van der Waals surface area contributed by atoms with Crippen LogP contribution < -0.4 is 9.62 Å². The van der Waals surface area contributed by atoms with E-state index in [1.807, 2.05) is 20.8 Å². The first-order valence-electron chi connectivity index (χ1n) is 12.1. The Morgan fingerprint density at radius 2 is 1.51 bits per heavy atom. The third kappa shape index (κ3) is 8.11. The van der Waals surface area contributed by atoms with Crippen LogP contribution in [0.1, 0.15) is 33.3 Å². The Labute approximate surface area is 244 Å². The van der Waals surface area contributed by atoms with Crippen molar-refractivity contribution in [2.75, 3.05) is 10.8 Å². The molecule has 1 unspecified atom stereocenters. The van der Waals surface area contributed by atoms with Gasteiger partial charge in [0.1, 0.15) is 12.6 Å². The normalized spacial score (nSPS) is 12.5. The molecule has 3 rings (SSSR count). The van der Waals surface area contributed by atoms with E-state index in [9.17, 15) is 18.0 Å². The Morgan fingerprint density at radius 1 is 0.897 bits per heavy atom. The molecule has 1 atom stereocenters. The van der Waals surface area contributed by atoms with Crippen molar-refractivity contribution in [2.45, 2.75) is 50.7 Å². The average molecular weight is 611 g/mol. The largest absolute Gasteiger partial charge is 0.350 e. The fourth-order valence-electron chi connectivity index (χ4n) is 3.75. The van der Waals surface area contributed by atoms with Gasteiger partial charge in [-0.25, -0.2) is 8.42 Å². The molecule has 2 amide bonds. The summed E-state index contributed by atoms with van der Waals surface area (Å²) < 4.78 is 28.5. The van der Waals surface area contributed by atoms with Crippen LogP contribution in [-0.4, -0.2) is 43.3 Å². The molecule has 0 aliphatic carbocycles. The van der Waals surface area contributed by atoms with Gasteiger partial charge in [-0.05, 0) is 81.8 Å². The average Bonchev–Trinajstić information content (AvgIpc) is 2.87. The minimum Gasteiger partial charge on any atom is -0.350 e. The monoisotopic (exact) mass is 609 g/mol. The van der Waals surface area contributed by atoms with Gasteiger partial charge >= 0.3 is 0 Å². The number of sulfonamides is 1. The van der Waals surface area contributed by atoms with E-state index in [0.29, 0.717) is 26.3 Å². The van der Waals surface area contributed by atoms with E-state index < -0.39 is 34.1 Å². The molecule has 39 heavy (non-hydrogen) atoms. The number of amides is 2. The van der Waals surface area contributed by atoms with Crippen molar-refractivity contribution in [2.24, 2.45) is 0 Å². The summed E-state index contributed by atoms with van der Waals surface area (Å²) in [6.07, 6.45) is 0. The molecular formula is C28H30Cl3N3O4S. The van der Waals surface area contributed by atoms with Crippen molar-refractivity contribution < 1.29 is 18.0 Å². The Hall–Kier alpha value is -2.78. The molecule has 0 fully saturated rings. The van der Waals surface area contributed by atoms with Crippen molar-refractivity contribution in [1.82, 2.24) is 10.2 Å². The number of carbonyl (C=O) groups is 2. The van der Waals surface area contributed by atoms with E-state index in [1.54, 1.807) is 55.5 Å². The second kappa shape index (κ2) is 12.6. The maximum Gasteiger partial charge on any atom is 0.264 e. The first-order valence-corrected chi connectivity index (χ1v) is 14.7. The number of hydrogen-bond acceptors (Lipinski definition) is 4. The summed E-state index contributed by atoms with van der Waals surface area (Å²) in [5, 5.41) is 3.90. The van der Waals surface area contributed by atoms with Gasteiger partial charge in [0, 0.05) is 17.1 Å². The van der Waals surface area contributed by atoms with Crippen LogP contribution in [0.2, 0.25) is 15.1 Å². The van der Waals surface area contributed by atoms with E-state index in [2.05, 4.69) is 5.32 Å². The molecule has 1 N–H and O–H groups in total. The highest BCUT2D eigenvalue weighted by Crippen LogP contribution is 2.27. The van der Waals surface area contributed by atoms with Crippen LogP contribution >= 0.6 is 34.8 Å². The van der Waals surface area contributed by atoms with Crippen LogP contribution in [0.15, 0.2) is 77.7 Å². The van der Waals surface area contributed by atoms with E-state index in [-0.39, 0.29) is 17.3 Å². The number of carbonyl (C=O) groups excluding carboxylic acids is 2. The van der Waals surface area contributed by atoms with E-state index in [0.717, 1.165) is 4.31 Å². The fourth-order valence-corrected chi connectivity index (χ4v) is 5.61. The van der Waals surface area contributed by atoms with Gasteiger partial charge in [-0.2, -0.15) is 0 Å². The van der Waals surface area contributed by atoms with Crippen molar-refractivity contribution >= 4 is 62.3 Å². The highest BCUT2D eigenvalue weighted by Gasteiger charge is 2.33. The third-order valence-electron chi connectivity index (χ3n) is 5.73. The van der Waals surface area contributed by atoms with Crippen molar-refractivity contribution in [3.05, 3.63) is 93.4 Å². The summed E-state index contributed by atoms with van der Waals surface area (Å²) in [7, 11) is -4.17. The number of benzene rings is 3. The molecule has 0 aliphatic heterocycles. The lowest BCUT2D eigenvalue weighted by Gasteiger charge is -2.33. The molecule has 0 saturated carbocycles. The Bertz CT molecular complexity index is 1430. The minimum atomic E-state index is -4.17. The molecule has 0 radical (unpaired) electrons. The van der Waals surface area contributed by atoms with Gasteiger partial charge in [-0.15, -0.1) is 0 Å². The van der Waals surface area contributed by atoms with Crippen molar-refractivity contribution in [1.29, 1.82) is 0 Å². The summed E-state index contributed by atoms with van der Waals surface area (Å²) in [5.74, 6) is -0.971. The van der Waals surface area contributed by atoms with Gasteiger partial charge in [-0.1, -0.05) is 59.1 Å². The summed E-state index contributed by atoms with van der Waals surface area (Å²) in [5.41, 5.74) is 0.375. The zero-order valence-corrected chi connectivity index (χ0v) is 25.1. The van der Waals surface area contributed by atoms with Gasteiger partial charge in [0.05, 0.1) is 20.6 Å². The Morgan fingerprint density at radius 3 is 2.08 bits per heavy atom. The lowest BCUT2D eigenvalue weighted by Crippen LogP contribution is -2.54. The number of halogens is 3. The minimum absolute atomic E-state index is 0.00191. The number of rotatable bonds is 9. The maximum atomic E-state index is 13.9. The Balaban J connectivity index is 2.02. The molecule has 0 heterocycles. The summed E-state index contributed by atoms with van der Waals surface area (Å²) in [4.78, 5) is 28.3. The summed E-state index contributed by atoms with van der Waals surface area (Å²) >= 11 is 18.2. The molecule has 7 nitrogen and oxygen atoms in total. The standard InChI is InChI=1S/C28H30Cl3N3O4S/c1-19(27(36)32-28(2,3)4)33(17-20-10-15-24(30)25(31)16-20)26(35)18-34(22-8-6-5-7-9-22)39(37,38)23-13-11-21(29)12-14-23/h5-16,19H,17-18H2,1-4H3,(H,32,36). The first-order chi connectivity index (χ1) is 18.2. The molecule has 3 aromatic rings. The van der Waals surface area contributed by atoms with Gasteiger partial charge in [0.2, 0.25) is 11.8 Å². The number of hydrogen-bond donors (Lipinski definition) is 1. The lowest BCUT2D eigenvalue weighted by atomic mass is 10.1. The summed E-state index contributed by atoms with van der Waals surface area (Å²) in [6.45, 7) is 6.54. The SMILES string of the molecule is CC(C(=O)NC(C)(C)C)N(Cc1ccc(Cl)c(Cl)c1)C(=O)CN(c1ccccc1)S(=O)(=O)c1ccc(Cl)cc1. The van der Waals surface area contributed by atoms with Crippen LogP contribution in [0.25, 0.3) is 0 Å². The molecular weight excluding hydrogens is 581 g/mol. The quantitative estimate of drug-likeness (QED) is 0.314. The molecule has 0 spiro atoms. The predicted octanol–water partition coefficient (Wildman–Crippen LogP) is 6.17. The second-order valence-electron chi connectivity index (χ2n) is 9.99. The van der Waals surface area contributed by atoms with Crippen LogP contribution in [0.4, 0.5) is 5.69 Å². The molecule has 0 saturated heterocycles. The fraction of sp³-hybridized carbons (Fsp3) is 0.286. The molecule has 0 aliphatic rings.